The van der Waals surface area contributed by atoms with E-state index in [0.717, 1.165) is 0 Å². The van der Waals surface area contributed by atoms with E-state index in [2.05, 4.69) is 9.97 Å². The van der Waals surface area contributed by atoms with Crippen LogP contribution in [-0.4, -0.2) is 62.1 Å². The van der Waals surface area contributed by atoms with Gasteiger partial charge >= 0.3 is 5.69 Å². The Kier molecular flexibility index (Phi) is 5.25. The van der Waals surface area contributed by atoms with E-state index in [1.54, 1.807) is 16.5 Å². The lowest BCUT2D eigenvalue weighted by Gasteiger charge is -2.36. The van der Waals surface area contributed by atoms with Gasteiger partial charge in [-0.15, -0.1) is 0 Å². The van der Waals surface area contributed by atoms with Crippen LogP contribution < -0.4 is 21.3 Å². The summed E-state index contributed by atoms with van der Waals surface area (Å²) in [5, 5.41) is 10.5. The molecule has 0 radical (unpaired) electrons. The SMILES string of the molecule is CC(C)n1c(N2CCN(C(=O)CCC(=O)[O-])CC2)nc2c1c(=O)[nH]c(=O)n2C. The van der Waals surface area contributed by atoms with Crippen LogP contribution in [0.3, 0.4) is 0 Å². The van der Waals surface area contributed by atoms with Gasteiger partial charge in [0.15, 0.2) is 11.2 Å². The zero-order valence-corrected chi connectivity index (χ0v) is 16.1. The Hall–Kier alpha value is -3.11. The summed E-state index contributed by atoms with van der Waals surface area (Å²) in [7, 11) is 1.55. The molecule has 0 bridgehead atoms. The molecule has 11 nitrogen and oxygen atoms in total. The summed E-state index contributed by atoms with van der Waals surface area (Å²) in [4.78, 5) is 57.4. The number of aromatic nitrogens is 4. The van der Waals surface area contributed by atoms with Crippen LogP contribution in [0.4, 0.5) is 5.95 Å². The summed E-state index contributed by atoms with van der Waals surface area (Å²) >= 11 is 0. The number of aliphatic carboxylic acids is 1. The maximum atomic E-state index is 12.4. The summed E-state index contributed by atoms with van der Waals surface area (Å²) in [6.45, 7) is 5.66. The summed E-state index contributed by atoms with van der Waals surface area (Å²) in [6, 6.07) is -0.0682. The first kappa shape index (κ1) is 19.6. The summed E-state index contributed by atoms with van der Waals surface area (Å²) in [5.74, 6) is -0.896. The summed E-state index contributed by atoms with van der Waals surface area (Å²) < 4.78 is 3.10. The highest BCUT2D eigenvalue weighted by Gasteiger charge is 2.27. The molecule has 3 rings (SSSR count). The number of H-pyrrole nitrogens is 1. The van der Waals surface area contributed by atoms with Crippen molar-refractivity contribution >= 4 is 29.0 Å². The predicted molar refractivity (Wildman–Crippen MR) is 99.0 cm³/mol. The van der Waals surface area contributed by atoms with Gasteiger partial charge in [-0.25, -0.2) is 4.79 Å². The number of aromatic amines is 1. The van der Waals surface area contributed by atoms with Crippen LogP contribution in [0.25, 0.3) is 11.2 Å². The Morgan fingerprint density at radius 2 is 1.79 bits per heavy atom. The monoisotopic (exact) mass is 391 g/mol. The Balaban J connectivity index is 1.88. The number of anilines is 1. The lowest BCUT2D eigenvalue weighted by atomic mass is 10.2. The van der Waals surface area contributed by atoms with E-state index >= 15 is 0 Å². The van der Waals surface area contributed by atoms with Crippen molar-refractivity contribution in [3.63, 3.8) is 0 Å². The number of carbonyl (C=O) groups is 2. The first-order valence-electron chi connectivity index (χ1n) is 9.14. The number of nitrogens with zero attached hydrogens (tertiary/aromatic N) is 5. The largest absolute Gasteiger partial charge is 0.550 e. The fourth-order valence-electron chi connectivity index (χ4n) is 3.43. The quantitative estimate of drug-likeness (QED) is 0.634. The Morgan fingerprint density at radius 3 is 2.36 bits per heavy atom. The zero-order valence-electron chi connectivity index (χ0n) is 16.1. The van der Waals surface area contributed by atoms with Gasteiger partial charge < -0.3 is 24.3 Å². The summed E-state index contributed by atoms with van der Waals surface area (Å²) in [5.41, 5.74) is -0.369. The smallest absolute Gasteiger partial charge is 0.329 e. The molecule has 0 unspecified atom stereocenters. The van der Waals surface area contributed by atoms with E-state index in [-0.39, 0.29) is 24.8 Å². The van der Waals surface area contributed by atoms with Crippen molar-refractivity contribution in [1.29, 1.82) is 0 Å². The molecule has 1 amide bonds. The van der Waals surface area contributed by atoms with Crippen LogP contribution in [-0.2, 0) is 16.6 Å². The second-order valence-electron chi connectivity index (χ2n) is 7.11. The number of amides is 1. The van der Waals surface area contributed by atoms with Crippen LogP contribution >= 0.6 is 0 Å². The maximum absolute atomic E-state index is 12.4. The molecule has 152 valence electrons. The van der Waals surface area contributed by atoms with E-state index in [9.17, 15) is 24.3 Å². The minimum absolute atomic E-state index is 0.0682. The minimum Gasteiger partial charge on any atom is -0.550 e. The molecule has 0 atom stereocenters. The molecule has 0 saturated carbocycles. The van der Waals surface area contributed by atoms with Gasteiger partial charge in [-0.3, -0.25) is 19.1 Å². The van der Waals surface area contributed by atoms with Gasteiger partial charge in [-0.05, 0) is 20.3 Å². The standard InChI is InChI=1S/C17H24N6O5/c1-10(2)23-13-14(20(3)17(28)19-15(13)27)18-16(23)22-8-6-21(7-9-22)11(24)4-5-12(25)26/h10H,4-9H2,1-3H3,(H,25,26)(H,19,27,28)/p-1. The lowest BCUT2D eigenvalue weighted by Crippen LogP contribution is -2.49. The number of carbonyl (C=O) groups excluding carboxylic acids is 2. The number of hydrogen-bond donors (Lipinski definition) is 1. The molecule has 1 saturated heterocycles. The third kappa shape index (κ3) is 3.51. The fraction of sp³-hybridized carbons (Fsp3) is 0.588. The molecule has 28 heavy (non-hydrogen) atoms. The number of rotatable bonds is 5. The van der Waals surface area contributed by atoms with Crippen LogP contribution in [0.15, 0.2) is 9.59 Å². The average molecular weight is 391 g/mol. The van der Waals surface area contributed by atoms with Crippen molar-refractivity contribution in [2.24, 2.45) is 7.05 Å². The summed E-state index contributed by atoms with van der Waals surface area (Å²) in [6.07, 6.45) is -0.372. The number of aryl methyl sites for hydroxylation is 1. The average Bonchev–Trinajstić information content (AvgIpc) is 3.06. The highest BCUT2D eigenvalue weighted by Crippen LogP contribution is 2.25. The molecule has 1 aliphatic heterocycles. The molecule has 1 N–H and O–H groups in total. The Bertz CT molecular complexity index is 1030. The van der Waals surface area contributed by atoms with Crippen molar-refractivity contribution in [2.75, 3.05) is 31.1 Å². The first-order valence-corrected chi connectivity index (χ1v) is 9.14. The van der Waals surface area contributed by atoms with Gasteiger partial charge in [0.2, 0.25) is 11.9 Å². The molecule has 1 aliphatic rings. The van der Waals surface area contributed by atoms with Crippen LogP contribution in [0.5, 0.6) is 0 Å². The third-order valence-electron chi connectivity index (χ3n) is 4.91. The predicted octanol–water partition coefficient (Wildman–Crippen LogP) is -1.82. The van der Waals surface area contributed by atoms with Gasteiger partial charge in [0.1, 0.15) is 0 Å². The van der Waals surface area contributed by atoms with Gasteiger partial charge in [0, 0.05) is 51.7 Å². The van der Waals surface area contributed by atoms with Gasteiger partial charge in [0.05, 0.1) is 0 Å². The molecule has 11 heteroatoms. The normalized spacial score (nSPS) is 14.9. The van der Waals surface area contributed by atoms with Crippen molar-refractivity contribution in [1.82, 2.24) is 24.0 Å². The number of imidazole rings is 1. The molecule has 1 fully saturated rings. The van der Waals surface area contributed by atoms with Gasteiger partial charge in [0.25, 0.3) is 5.56 Å². The molecular weight excluding hydrogens is 368 g/mol. The molecule has 0 spiro atoms. The molecule has 3 heterocycles. The van der Waals surface area contributed by atoms with Gasteiger partial charge in [-0.1, -0.05) is 0 Å². The first-order chi connectivity index (χ1) is 13.2. The van der Waals surface area contributed by atoms with Crippen molar-refractivity contribution < 1.29 is 14.7 Å². The molecule has 2 aromatic heterocycles. The maximum Gasteiger partial charge on any atom is 0.329 e. The van der Waals surface area contributed by atoms with Gasteiger partial charge in [-0.2, -0.15) is 4.98 Å². The second-order valence-corrected chi connectivity index (χ2v) is 7.11. The fourth-order valence-corrected chi connectivity index (χ4v) is 3.43. The highest BCUT2D eigenvalue weighted by atomic mass is 16.4. The highest BCUT2D eigenvalue weighted by molar-refractivity contribution is 5.80. The topological polar surface area (TPSA) is 136 Å². The number of carboxylic acid groups (broad SMARTS) is 1. The molecule has 2 aromatic rings. The Labute approximate surface area is 160 Å². The van der Waals surface area contributed by atoms with Crippen LogP contribution in [0.1, 0.15) is 32.7 Å². The number of carboxylic acids is 1. The lowest BCUT2D eigenvalue weighted by molar-refractivity contribution is -0.305. The number of piperazine rings is 1. The Morgan fingerprint density at radius 1 is 1.14 bits per heavy atom. The van der Waals surface area contributed by atoms with E-state index in [0.29, 0.717) is 43.3 Å². The van der Waals surface area contributed by atoms with E-state index in [1.165, 1.54) is 4.57 Å². The minimum atomic E-state index is -1.24. The third-order valence-corrected chi connectivity index (χ3v) is 4.91. The van der Waals surface area contributed by atoms with E-state index in [4.69, 9.17) is 0 Å². The second kappa shape index (κ2) is 7.49. The van der Waals surface area contributed by atoms with Crippen LogP contribution in [0, 0.1) is 0 Å². The molecule has 0 aromatic carbocycles. The molecule has 0 aliphatic carbocycles. The van der Waals surface area contributed by atoms with Crippen LogP contribution in [0.2, 0.25) is 0 Å². The van der Waals surface area contributed by atoms with Crippen molar-refractivity contribution in [3.05, 3.63) is 20.8 Å². The van der Waals surface area contributed by atoms with E-state index in [1.807, 2.05) is 18.7 Å². The number of fused-ring (bicyclic) bond motifs is 1. The number of nitrogens with one attached hydrogen (secondary N) is 1. The van der Waals surface area contributed by atoms with Crippen molar-refractivity contribution in [3.8, 4) is 0 Å². The molecular formula is C17H23N6O5-. The zero-order chi connectivity index (χ0) is 20.6. The van der Waals surface area contributed by atoms with E-state index < -0.39 is 17.2 Å². The van der Waals surface area contributed by atoms with Crippen molar-refractivity contribution in [2.45, 2.75) is 32.7 Å². The number of hydrogen-bond acceptors (Lipinski definition) is 7.